The van der Waals surface area contributed by atoms with E-state index in [2.05, 4.69) is 42.3 Å². The minimum atomic E-state index is -0.293. The van der Waals surface area contributed by atoms with Gasteiger partial charge in [-0.2, -0.15) is 0 Å². The largest absolute Gasteiger partial charge is 0.491 e. The molecule has 2 atom stereocenters. The van der Waals surface area contributed by atoms with E-state index in [1.807, 2.05) is 32.0 Å². The molecule has 3 aliphatic heterocycles. The van der Waals surface area contributed by atoms with Crippen molar-refractivity contribution in [3.05, 3.63) is 52.5 Å². The number of amides is 1. The molecule has 2 aromatic carbocycles. The number of ether oxygens (including phenoxy) is 2. The van der Waals surface area contributed by atoms with Crippen molar-refractivity contribution in [3.8, 4) is 16.9 Å². The predicted molar refractivity (Wildman–Crippen MR) is 135 cm³/mol. The lowest BCUT2D eigenvalue weighted by molar-refractivity contribution is -0.0348. The molecule has 3 fully saturated rings. The minimum absolute atomic E-state index is 0.0129. The van der Waals surface area contributed by atoms with Crippen molar-refractivity contribution in [1.82, 2.24) is 10.2 Å². The van der Waals surface area contributed by atoms with E-state index in [1.54, 1.807) is 0 Å². The standard InChI is InChI=1S/C28H35ClN2O3/c1-17(2)33-23-13-20(12-22(29)14-23)19-5-6-24-21(11-19)15-28(3,4)26(24)30-27(32)34-25-16-31-9-7-18(25)8-10-31/h5-6,11-14,17-18,25-26H,7-10,15-16H2,1-4H3,(H,30,32)/t25-,26+/m1/s1. The maximum Gasteiger partial charge on any atom is 0.407 e. The third-order valence-corrected chi connectivity index (χ3v) is 7.79. The summed E-state index contributed by atoms with van der Waals surface area (Å²) in [6, 6.07) is 12.3. The van der Waals surface area contributed by atoms with Crippen LogP contribution in [0.25, 0.3) is 11.1 Å². The van der Waals surface area contributed by atoms with E-state index in [9.17, 15) is 4.79 Å². The molecule has 3 heterocycles. The third kappa shape index (κ3) is 4.78. The number of alkyl carbamates (subject to hydrolysis) is 1. The molecule has 182 valence electrons. The lowest BCUT2D eigenvalue weighted by Gasteiger charge is -2.44. The van der Waals surface area contributed by atoms with Crippen LogP contribution < -0.4 is 10.1 Å². The zero-order valence-corrected chi connectivity index (χ0v) is 21.3. The first-order valence-electron chi connectivity index (χ1n) is 12.5. The Balaban J connectivity index is 1.34. The smallest absolute Gasteiger partial charge is 0.407 e. The summed E-state index contributed by atoms with van der Waals surface area (Å²) in [6.45, 7) is 11.6. The number of carbonyl (C=O) groups is 1. The normalized spacial score (nSPS) is 26.9. The molecule has 1 amide bonds. The van der Waals surface area contributed by atoms with Crippen molar-refractivity contribution < 1.29 is 14.3 Å². The Hall–Kier alpha value is -2.24. The van der Waals surface area contributed by atoms with Crippen molar-refractivity contribution in [2.75, 3.05) is 19.6 Å². The Morgan fingerprint density at radius 2 is 1.88 bits per heavy atom. The Morgan fingerprint density at radius 1 is 1.12 bits per heavy atom. The maximum absolute atomic E-state index is 12.9. The van der Waals surface area contributed by atoms with Crippen molar-refractivity contribution in [1.29, 1.82) is 0 Å². The second-order valence-corrected chi connectivity index (χ2v) is 11.5. The molecule has 0 aromatic heterocycles. The Morgan fingerprint density at radius 3 is 2.56 bits per heavy atom. The van der Waals surface area contributed by atoms with Gasteiger partial charge >= 0.3 is 6.09 Å². The fourth-order valence-corrected chi connectivity index (χ4v) is 6.14. The summed E-state index contributed by atoms with van der Waals surface area (Å²) in [5.74, 6) is 1.28. The van der Waals surface area contributed by atoms with Gasteiger partial charge in [-0.1, -0.05) is 43.6 Å². The summed E-state index contributed by atoms with van der Waals surface area (Å²) >= 11 is 6.39. The first kappa shape index (κ1) is 23.5. The third-order valence-electron chi connectivity index (χ3n) is 7.57. The summed E-state index contributed by atoms with van der Waals surface area (Å²) in [6.07, 6.45) is 2.95. The summed E-state index contributed by atoms with van der Waals surface area (Å²) in [5.41, 5.74) is 4.44. The highest BCUT2D eigenvalue weighted by Crippen LogP contribution is 2.46. The molecular weight excluding hydrogens is 448 g/mol. The van der Waals surface area contributed by atoms with E-state index >= 15 is 0 Å². The molecule has 2 bridgehead atoms. The number of carbonyl (C=O) groups excluding carboxylic acids is 1. The first-order valence-corrected chi connectivity index (χ1v) is 12.9. The molecule has 0 spiro atoms. The fourth-order valence-electron chi connectivity index (χ4n) is 5.91. The van der Waals surface area contributed by atoms with Crippen LogP contribution in [0.3, 0.4) is 0 Å². The molecule has 1 aliphatic carbocycles. The van der Waals surface area contributed by atoms with Crippen LogP contribution in [0.2, 0.25) is 5.02 Å². The number of nitrogens with zero attached hydrogens (tertiary/aromatic N) is 1. The summed E-state index contributed by atoms with van der Waals surface area (Å²) in [5, 5.41) is 3.87. The van der Waals surface area contributed by atoms with Crippen LogP contribution in [0.1, 0.15) is 57.7 Å². The van der Waals surface area contributed by atoms with Crippen LogP contribution in [0, 0.1) is 11.3 Å². The molecule has 0 unspecified atom stereocenters. The number of piperidine rings is 3. The van der Waals surface area contributed by atoms with Gasteiger partial charge in [0.2, 0.25) is 0 Å². The average molecular weight is 483 g/mol. The van der Waals surface area contributed by atoms with E-state index in [4.69, 9.17) is 21.1 Å². The highest BCUT2D eigenvalue weighted by Gasteiger charge is 2.42. The van der Waals surface area contributed by atoms with Gasteiger partial charge in [-0.15, -0.1) is 0 Å². The number of benzene rings is 2. The summed E-state index contributed by atoms with van der Waals surface area (Å²) in [7, 11) is 0. The van der Waals surface area contributed by atoms with Gasteiger partial charge in [-0.25, -0.2) is 4.79 Å². The van der Waals surface area contributed by atoms with Crippen LogP contribution in [0.5, 0.6) is 5.75 Å². The zero-order chi connectivity index (χ0) is 24.0. The predicted octanol–water partition coefficient (Wildman–Crippen LogP) is 6.24. The molecule has 6 rings (SSSR count). The Kier molecular flexibility index (Phi) is 6.28. The number of hydrogen-bond acceptors (Lipinski definition) is 4. The molecule has 0 radical (unpaired) electrons. The van der Waals surface area contributed by atoms with E-state index in [0.29, 0.717) is 10.9 Å². The SMILES string of the molecule is CC(C)Oc1cc(Cl)cc(-c2ccc3c(c2)CC(C)(C)[C@H]3NC(=O)O[C@@H]2CN3CCC2CC3)c1. The number of hydrogen-bond donors (Lipinski definition) is 1. The first-order chi connectivity index (χ1) is 16.2. The zero-order valence-electron chi connectivity index (χ0n) is 20.6. The van der Waals surface area contributed by atoms with Gasteiger partial charge in [0.25, 0.3) is 0 Å². The second kappa shape index (κ2) is 9.09. The maximum atomic E-state index is 12.9. The lowest BCUT2D eigenvalue weighted by atomic mass is 9.85. The van der Waals surface area contributed by atoms with Crippen molar-refractivity contribution >= 4 is 17.7 Å². The molecule has 1 N–H and O–H groups in total. The average Bonchev–Trinajstić information content (AvgIpc) is 3.02. The van der Waals surface area contributed by atoms with Crippen molar-refractivity contribution in [2.45, 2.75) is 65.2 Å². The van der Waals surface area contributed by atoms with Crippen LogP contribution in [-0.4, -0.2) is 42.8 Å². The van der Waals surface area contributed by atoms with Gasteiger partial charge in [-0.05, 0) is 98.0 Å². The number of rotatable bonds is 5. The van der Waals surface area contributed by atoms with Gasteiger partial charge in [0.1, 0.15) is 11.9 Å². The van der Waals surface area contributed by atoms with Gasteiger partial charge in [0.05, 0.1) is 12.1 Å². The number of fused-ring (bicyclic) bond motifs is 4. The number of halogens is 1. The van der Waals surface area contributed by atoms with Crippen LogP contribution in [0.15, 0.2) is 36.4 Å². The van der Waals surface area contributed by atoms with E-state index in [-0.39, 0.29) is 29.8 Å². The fraction of sp³-hybridized carbons (Fsp3) is 0.536. The van der Waals surface area contributed by atoms with Crippen LogP contribution >= 0.6 is 11.6 Å². The molecule has 3 saturated heterocycles. The second-order valence-electron chi connectivity index (χ2n) is 11.1. The molecule has 5 nitrogen and oxygen atoms in total. The van der Waals surface area contributed by atoms with Crippen LogP contribution in [0.4, 0.5) is 4.79 Å². The van der Waals surface area contributed by atoms with E-state index in [1.165, 1.54) is 11.1 Å². The lowest BCUT2D eigenvalue weighted by Crippen LogP contribution is -2.53. The Labute approximate surface area is 207 Å². The molecule has 2 aromatic rings. The van der Waals surface area contributed by atoms with E-state index < -0.39 is 0 Å². The van der Waals surface area contributed by atoms with Gasteiger partial charge < -0.3 is 14.8 Å². The quantitative estimate of drug-likeness (QED) is 0.548. The summed E-state index contributed by atoms with van der Waals surface area (Å²) < 4.78 is 11.8. The van der Waals surface area contributed by atoms with Gasteiger partial charge in [-0.3, -0.25) is 4.90 Å². The van der Waals surface area contributed by atoms with Gasteiger partial charge in [0.15, 0.2) is 0 Å². The Bertz CT molecular complexity index is 1080. The molecular formula is C28H35ClN2O3. The molecule has 6 heteroatoms. The highest BCUT2D eigenvalue weighted by atomic mass is 35.5. The summed E-state index contributed by atoms with van der Waals surface area (Å²) in [4.78, 5) is 15.3. The van der Waals surface area contributed by atoms with Gasteiger partial charge in [0, 0.05) is 11.6 Å². The molecule has 0 saturated carbocycles. The number of nitrogens with one attached hydrogen (secondary N) is 1. The van der Waals surface area contributed by atoms with Crippen LogP contribution in [-0.2, 0) is 11.2 Å². The monoisotopic (exact) mass is 482 g/mol. The van der Waals surface area contributed by atoms with Crippen molar-refractivity contribution in [2.24, 2.45) is 11.3 Å². The topological polar surface area (TPSA) is 50.8 Å². The molecule has 34 heavy (non-hydrogen) atoms. The minimum Gasteiger partial charge on any atom is -0.491 e. The van der Waals surface area contributed by atoms with Crippen molar-refractivity contribution in [3.63, 3.8) is 0 Å². The molecule has 4 aliphatic rings. The highest BCUT2D eigenvalue weighted by molar-refractivity contribution is 6.31. The van der Waals surface area contributed by atoms with E-state index in [0.717, 1.165) is 55.8 Å².